The molecule has 80 valence electrons. The predicted molar refractivity (Wildman–Crippen MR) is 72.0 cm³/mol. The Bertz CT molecular complexity index is 374. The summed E-state index contributed by atoms with van der Waals surface area (Å²) in [6, 6.07) is 7.89. The van der Waals surface area contributed by atoms with Crippen molar-refractivity contribution >= 4 is 34.2 Å². The van der Waals surface area contributed by atoms with Gasteiger partial charge in [-0.25, -0.2) is 0 Å². The number of hydrogen-bond acceptors (Lipinski definition) is 1. The fraction of sp³-hybridized carbons (Fsp3) is 0.250. The second-order valence-electron chi connectivity index (χ2n) is 3.15. The molecule has 0 aliphatic heterocycles. The minimum Gasteiger partial charge on any atom is -0.308 e. The Balaban J connectivity index is 2.99. The molecule has 0 heterocycles. The van der Waals surface area contributed by atoms with Crippen LogP contribution in [-0.4, -0.2) is 12.5 Å². The fourth-order valence-electron chi connectivity index (χ4n) is 1.28. The van der Waals surface area contributed by atoms with Gasteiger partial charge in [-0.1, -0.05) is 24.3 Å². The van der Waals surface area contributed by atoms with Gasteiger partial charge in [-0.15, -0.1) is 0 Å². The summed E-state index contributed by atoms with van der Waals surface area (Å²) in [7, 11) is 0. The van der Waals surface area contributed by atoms with Crippen molar-refractivity contribution in [2.75, 3.05) is 11.4 Å². The van der Waals surface area contributed by atoms with E-state index >= 15 is 0 Å². The lowest BCUT2D eigenvalue weighted by Crippen LogP contribution is -2.29. The van der Waals surface area contributed by atoms with Crippen LogP contribution in [0, 0.1) is 3.57 Å². The van der Waals surface area contributed by atoms with Crippen LogP contribution in [0.4, 0.5) is 5.69 Å². The Morgan fingerprint density at radius 1 is 1.47 bits per heavy atom. The maximum atomic E-state index is 11.5. The van der Waals surface area contributed by atoms with Gasteiger partial charge in [-0.05, 0) is 41.6 Å². The third kappa shape index (κ3) is 3.34. The van der Waals surface area contributed by atoms with E-state index < -0.39 is 0 Å². The molecular weight excluding hydrogens is 301 g/mol. The zero-order chi connectivity index (χ0) is 11.3. The number of allylic oxidation sites excluding steroid dienone is 1. The summed E-state index contributed by atoms with van der Waals surface area (Å²) in [5, 5.41) is 0. The predicted octanol–water partition coefficient (Wildman–Crippen LogP) is 3.22. The number of carbonyl (C=O) groups is 1. The Hall–Kier alpha value is -0.840. The maximum absolute atomic E-state index is 11.5. The van der Waals surface area contributed by atoms with Gasteiger partial charge >= 0.3 is 0 Å². The van der Waals surface area contributed by atoms with Gasteiger partial charge in [0, 0.05) is 17.0 Å². The number of nitrogens with zero attached hydrogens (tertiary/aromatic N) is 1. The molecule has 0 fully saturated rings. The third-order valence-electron chi connectivity index (χ3n) is 2.05. The smallest absolute Gasteiger partial charge is 0.224 e. The molecule has 1 aromatic rings. The van der Waals surface area contributed by atoms with Gasteiger partial charge in [-0.3, -0.25) is 4.79 Å². The minimum absolute atomic E-state index is 0.0669. The van der Waals surface area contributed by atoms with Crippen LogP contribution in [0.3, 0.4) is 0 Å². The number of benzene rings is 1. The SMILES string of the molecule is C/C=C/CN(C(C)=O)c1ccccc1I. The zero-order valence-electron chi connectivity index (χ0n) is 8.90. The maximum Gasteiger partial charge on any atom is 0.224 e. The molecule has 0 saturated heterocycles. The van der Waals surface area contributed by atoms with E-state index in [4.69, 9.17) is 0 Å². The molecule has 0 aliphatic carbocycles. The van der Waals surface area contributed by atoms with Crippen molar-refractivity contribution in [2.45, 2.75) is 13.8 Å². The van der Waals surface area contributed by atoms with Gasteiger partial charge in [0.2, 0.25) is 5.91 Å². The number of halogens is 1. The number of hydrogen-bond donors (Lipinski definition) is 0. The summed E-state index contributed by atoms with van der Waals surface area (Å²) in [4.78, 5) is 13.3. The molecule has 0 bridgehead atoms. The van der Waals surface area contributed by atoms with Crippen LogP contribution in [-0.2, 0) is 4.79 Å². The van der Waals surface area contributed by atoms with Crippen LogP contribution < -0.4 is 4.90 Å². The van der Waals surface area contributed by atoms with Crippen molar-refractivity contribution in [1.82, 2.24) is 0 Å². The Kier molecular flexibility index (Phi) is 4.81. The molecule has 0 saturated carbocycles. The first-order valence-corrected chi connectivity index (χ1v) is 5.88. The second-order valence-corrected chi connectivity index (χ2v) is 4.31. The van der Waals surface area contributed by atoms with Crippen molar-refractivity contribution in [1.29, 1.82) is 0 Å². The molecule has 15 heavy (non-hydrogen) atoms. The Morgan fingerprint density at radius 2 is 2.13 bits per heavy atom. The van der Waals surface area contributed by atoms with Gasteiger partial charge in [0.05, 0.1) is 5.69 Å². The highest BCUT2D eigenvalue weighted by atomic mass is 127. The largest absolute Gasteiger partial charge is 0.308 e. The van der Waals surface area contributed by atoms with Crippen LogP contribution in [0.1, 0.15) is 13.8 Å². The third-order valence-corrected chi connectivity index (χ3v) is 2.96. The van der Waals surface area contributed by atoms with E-state index in [0.29, 0.717) is 6.54 Å². The van der Waals surface area contributed by atoms with Crippen molar-refractivity contribution in [3.8, 4) is 0 Å². The van der Waals surface area contributed by atoms with E-state index in [9.17, 15) is 4.79 Å². The van der Waals surface area contributed by atoms with Gasteiger partial charge < -0.3 is 4.90 Å². The van der Waals surface area contributed by atoms with E-state index in [1.54, 1.807) is 11.8 Å². The molecule has 0 aromatic heterocycles. The average molecular weight is 315 g/mol. The van der Waals surface area contributed by atoms with Crippen LogP contribution in [0.2, 0.25) is 0 Å². The summed E-state index contributed by atoms with van der Waals surface area (Å²) < 4.78 is 1.09. The summed E-state index contributed by atoms with van der Waals surface area (Å²) in [5.74, 6) is 0.0669. The first-order valence-electron chi connectivity index (χ1n) is 4.80. The summed E-state index contributed by atoms with van der Waals surface area (Å²) in [5.41, 5.74) is 0.976. The van der Waals surface area contributed by atoms with Gasteiger partial charge in [0.15, 0.2) is 0 Å². The topological polar surface area (TPSA) is 20.3 Å². The van der Waals surface area contributed by atoms with Crippen LogP contribution in [0.5, 0.6) is 0 Å². The van der Waals surface area contributed by atoms with Crippen LogP contribution in [0.25, 0.3) is 0 Å². The number of rotatable bonds is 3. The normalized spacial score (nSPS) is 10.6. The molecule has 1 rings (SSSR count). The first kappa shape index (κ1) is 12.2. The molecule has 0 spiro atoms. The first-order chi connectivity index (χ1) is 7.16. The highest BCUT2D eigenvalue weighted by Crippen LogP contribution is 2.22. The fourth-order valence-corrected chi connectivity index (χ4v) is 1.96. The number of para-hydroxylation sites is 1. The highest BCUT2D eigenvalue weighted by Gasteiger charge is 2.11. The van der Waals surface area contributed by atoms with Crippen LogP contribution >= 0.6 is 22.6 Å². The number of anilines is 1. The molecule has 2 nitrogen and oxygen atoms in total. The van der Waals surface area contributed by atoms with Crippen molar-refractivity contribution in [3.05, 3.63) is 40.0 Å². The van der Waals surface area contributed by atoms with Crippen molar-refractivity contribution in [3.63, 3.8) is 0 Å². The van der Waals surface area contributed by atoms with Gasteiger partial charge in [0.25, 0.3) is 0 Å². The lowest BCUT2D eigenvalue weighted by Gasteiger charge is -2.20. The minimum atomic E-state index is 0.0669. The van der Waals surface area contributed by atoms with Crippen LogP contribution in [0.15, 0.2) is 36.4 Å². The average Bonchev–Trinajstić information content (AvgIpc) is 2.20. The number of carbonyl (C=O) groups excluding carboxylic acids is 1. The lowest BCUT2D eigenvalue weighted by molar-refractivity contribution is -0.116. The van der Waals surface area contributed by atoms with Crippen molar-refractivity contribution < 1.29 is 4.79 Å². The lowest BCUT2D eigenvalue weighted by atomic mass is 10.3. The summed E-state index contributed by atoms with van der Waals surface area (Å²) in [6.45, 7) is 4.17. The zero-order valence-corrected chi connectivity index (χ0v) is 11.1. The van der Waals surface area contributed by atoms with E-state index in [0.717, 1.165) is 9.26 Å². The van der Waals surface area contributed by atoms with Crippen molar-refractivity contribution in [2.24, 2.45) is 0 Å². The molecular formula is C12H14INO. The second kappa shape index (κ2) is 5.90. The molecule has 3 heteroatoms. The van der Waals surface area contributed by atoms with Gasteiger partial charge in [-0.2, -0.15) is 0 Å². The molecule has 0 aliphatic rings. The van der Waals surface area contributed by atoms with E-state index in [2.05, 4.69) is 22.6 Å². The quantitative estimate of drug-likeness (QED) is 0.619. The standard InChI is InChI=1S/C12H14INO/c1-3-4-9-14(10(2)15)12-8-6-5-7-11(12)13/h3-8H,9H2,1-2H3/b4-3+. The summed E-state index contributed by atoms with van der Waals surface area (Å²) >= 11 is 2.24. The van der Waals surface area contributed by atoms with E-state index in [-0.39, 0.29) is 5.91 Å². The molecule has 0 radical (unpaired) electrons. The molecule has 0 atom stereocenters. The number of amides is 1. The highest BCUT2D eigenvalue weighted by molar-refractivity contribution is 14.1. The molecule has 0 unspecified atom stereocenters. The van der Waals surface area contributed by atoms with Gasteiger partial charge in [0.1, 0.15) is 0 Å². The molecule has 1 amide bonds. The van der Waals surface area contributed by atoms with E-state index in [1.807, 2.05) is 43.3 Å². The monoisotopic (exact) mass is 315 g/mol. The Morgan fingerprint density at radius 3 is 2.67 bits per heavy atom. The summed E-state index contributed by atoms with van der Waals surface area (Å²) in [6.07, 6.45) is 3.93. The Labute approximate surface area is 104 Å². The van der Waals surface area contributed by atoms with E-state index in [1.165, 1.54) is 0 Å². The molecule has 1 aromatic carbocycles. The molecule has 0 N–H and O–H groups in total.